The van der Waals surface area contributed by atoms with Crippen molar-refractivity contribution in [3.8, 4) is 5.75 Å². The molecule has 1 aliphatic heterocycles. The van der Waals surface area contributed by atoms with Gasteiger partial charge in [-0.3, -0.25) is 4.79 Å². The fourth-order valence-corrected chi connectivity index (χ4v) is 5.83. The maximum atomic E-state index is 13.4. The molecule has 2 heterocycles. The molecule has 34 heavy (non-hydrogen) atoms. The third kappa shape index (κ3) is 5.07. The third-order valence-electron chi connectivity index (χ3n) is 6.04. The van der Waals surface area contributed by atoms with Crippen LogP contribution in [-0.4, -0.2) is 53.3 Å². The predicted octanol–water partition coefficient (Wildman–Crippen LogP) is 2.96. The fourth-order valence-electron chi connectivity index (χ4n) is 4.29. The Bertz CT molecular complexity index is 1260. The van der Waals surface area contributed by atoms with E-state index in [-0.39, 0.29) is 17.3 Å². The van der Waals surface area contributed by atoms with Crippen molar-refractivity contribution in [1.29, 1.82) is 0 Å². The van der Waals surface area contributed by atoms with Gasteiger partial charge in [-0.2, -0.15) is 4.31 Å². The molecule has 0 bridgehead atoms. The summed E-state index contributed by atoms with van der Waals surface area (Å²) in [6.07, 6.45) is 2.18. The number of hydrogen-bond acceptors (Lipinski definition) is 6. The minimum absolute atomic E-state index is 0.149. The fraction of sp³-hybridized carbons (Fsp3) is 0.458. The molecular formula is C24H31N5O4S. The molecule has 0 saturated carbocycles. The van der Waals surface area contributed by atoms with E-state index < -0.39 is 15.9 Å². The summed E-state index contributed by atoms with van der Waals surface area (Å²) in [4.78, 5) is 13.1. The number of benzene rings is 2. The normalized spacial score (nSPS) is 17.1. The molecule has 10 heteroatoms. The number of rotatable bonds is 9. The van der Waals surface area contributed by atoms with Crippen LogP contribution in [0.5, 0.6) is 5.75 Å². The number of amides is 1. The van der Waals surface area contributed by atoms with Gasteiger partial charge in [-0.15, -0.1) is 5.10 Å². The van der Waals surface area contributed by atoms with E-state index in [1.54, 1.807) is 22.9 Å². The SMILES string of the molecule is CCCn1nnc2cc(S(=O)(=O)N3CCC[C@H](C(=O)NCc4ccccc4OCC)C3)ccc21. The first kappa shape index (κ1) is 24.2. The van der Waals surface area contributed by atoms with Crippen molar-refractivity contribution in [3.63, 3.8) is 0 Å². The first-order chi connectivity index (χ1) is 16.4. The summed E-state index contributed by atoms with van der Waals surface area (Å²) < 4.78 is 35.5. The number of hydrogen-bond donors (Lipinski definition) is 1. The number of sulfonamides is 1. The molecule has 2 aromatic carbocycles. The lowest BCUT2D eigenvalue weighted by Gasteiger charge is -2.31. The molecule has 0 aliphatic carbocycles. The third-order valence-corrected chi connectivity index (χ3v) is 7.90. The molecule has 1 amide bonds. The molecule has 0 unspecified atom stereocenters. The van der Waals surface area contributed by atoms with Gasteiger partial charge in [0, 0.05) is 31.7 Å². The predicted molar refractivity (Wildman–Crippen MR) is 129 cm³/mol. The van der Waals surface area contributed by atoms with Gasteiger partial charge in [0.25, 0.3) is 0 Å². The summed E-state index contributed by atoms with van der Waals surface area (Å²) >= 11 is 0. The lowest BCUT2D eigenvalue weighted by Crippen LogP contribution is -2.45. The van der Waals surface area contributed by atoms with Crippen LogP contribution in [0.15, 0.2) is 47.4 Å². The number of aromatic nitrogens is 3. The van der Waals surface area contributed by atoms with Crippen molar-refractivity contribution in [2.75, 3.05) is 19.7 Å². The zero-order valence-electron chi connectivity index (χ0n) is 19.6. The highest BCUT2D eigenvalue weighted by atomic mass is 32.2. The van der Waals surface area contributed by atoms with E-state index in [0.29, 0.717) is 38.1 Å². The highest BCUT2D eigenvalue weighted by Crippen LogP contribution is 2.26. The van der Waals surface area contributed by atoms with Crippen LogP contribution < -0.4 is 10.1 Å². The zero-order valence-corrected chi connectivity index (χ0v) is 20.4. The number of piperidine rings is 1. The molecule has 1 fully saturated rings. The Morgan fingerprint density at radius 3 is 2.82 bits per heavy atom. The van der Waals surface area contributed by atoms with E-state index in [9.17, 15) is 13.2 Å². The standard InChI is InChI=1S/C24H31N5O4S/c1-3-13-29-22-12-11-20(15-21(22)26-27-29)34(31,32)28-14-7-9-19(17-28)24(30)25-16-18-8-5-6-10-23(18)33-4-2/h5-6,8,10-12,15,19H,3-4,7,9,13-14,16-17H2,1-2H3,(H,25,30)/t19-/m0/s1. The average Bonchev–Trinajstić information content (AvgIpc) is 3.26. The number of carbonyl (C=O) groups excluding carboxylic acids is 1. The minimum atomic E-state index is -3.75. The van der Waals surface area contributed by atoms with Gasteiger partial charge in [-0.25, -0.2) is 13.1 Å². The van der Waals surface area contributed by atoms with Gasteiger partial charge in [0.05, 0.1) is 22.9 Å². The number of carbonyl (C=O) groups is 1. The number of nitrogens with one attached hydrogen (secondary N) is 1. The van der Waals surface area contributed by atoms with Gasteiger partial charge in [0.2, 0.25) is 15.9 Å². The van der Waals surface area contributed by atoms with E-state index in [4.69, 9.17) is 4.74 Å². The first-order valence-corrected chi connectivity index (χ1v) is 13.2. The molecule has 0 radical (unpaired) electrons. The molecule has 182 valence electrons. The number of fused-ring (bicyclic) bond motifs is 1. The van der Waals surface area contributed by atoms with Crippen molar-refractivity contribution in [1.82, 2.24) is 24.6 Å². The van der Waals surface area contributed by atoms with Crippen LogP contribution in [0.1, 0.15) is 38.7 Å². The van der Waals surface area contributed by atoms with Crippen LogP contribution in [0.3, 0.4) is 0 Å². The Balaban J connectivity index is 1.44. The van der Waals surface area contributed by atoms with E-state index in [0.717, 1.165) is 29.8 Å². The molecule has 1 N–H and O–H groups in total. The topological polar surface area (TPSA) is 106 Å². The summed E-state index contributed by atoms with van der Waals surface area (Å²) in [5.41, 5.74) is 2.25. The van der Waals surface area contributed by atoms with Gasteiger partial charge < -0.3 is 10.1 Å². The number of para-hydroxylation sites is 1. The lowest BCUT2D eigenvalue weighted by atomic mass is 9.98. The van der Waals surface area contributed by atoms with E-state index in [2.05, 4.69) is 15.6 Å². The minimum Gasteiger partial charge on any atom is -0.494 e. The van der Waals surface area contributed by atoms with Crippen LogP contribution in [0.4, 0.5) is 0 Å². The lowest BCUT2D eigenvalue weighted by molar-refractivity contribution is -0.126. The van der Waals surface area contributed by atoms with E-state index in [1.165, 1.54) is 4.31 Å². The van der Waals surface area contributed by atoms with Crippen LogP contribution in [0, 0.1) is 5.92 Å². The van der Waals surface area contributed by atoms with Crippen LogP contribution in [0.25, 0.3) is 11.0 Å². The monoisotopic (exact) mass is 485 g/mol. The second kappa shape index (κ2) is 10.5. The molecule has 9 nitrogen and oxygen atoms in total. The highest BCUT2D eigenvalue weighted by Gasteiger charge is 2.33. The quantitative estimate of drug-likeness (QED) is 0.499. The summed E-state index contributed by atoms with van der Waals surface area (Å²) in [5.74, 6) is 0.186. The van der Waals surface area contributed by atoms with Gasteiger partial charge in [-0.05, 0) is 50.5 Å². The van der Waals surface area contributed by atoms with Gasteiger partial charge in [0.1, 0.15) is 11.3 Å². The summed E-state index contributed by atoms with van der Waals surface area (Å²) in [6, 6.07) is 12.5. The molecule has 1 aliphatic rings. The summed E-state index contributed by atoms with van der Waals surface area (Å²) in [5, 5.41) is 11.2. The van der Waals surface area contributed by atoms with Crippen molar-refractivity contribution in [3.05, 3.63) is 48.0 Å². The molecule has 3 aromatic rings. The number of aryl methyl sites for hydroxylation is 1. The highest BCUT2D eigenvalue weighted by molar-refractivity contribution is 7.89. The maximum absolute atomic E-state index is 13.4. The summed E-state index contributed by atoms with van der Waals surface area (Å²) in [6.45, 7) is 6.11. The second-order valence-electron chi connectivity index (χ2n) is 8.42. The van der Waals surface area contributed by atoms with Crippen molar-refractivity contribution >= 4 is 27.0 Å². The van der Waals surface area contributed by atoms with Crippen molar-refractivity contribution < 1.29 is 17.9 Å². The number of nitrogens with zero attached hydrogens (tertiary/aromatic N) is 4. The Morgan fingerprint density at radius 2 is 2.03 bits per heavy atom. The average molecular weight is 486 g/mol. The molecule has 1 saturated heterocycles. The number of ether oxygens (including phenoxy) is 1. The van der Waals surface area contributed by atoms with Gasteiger partial charge >= 0.3 is 0 Å². The van der Waals surface area contributed by atoms with Crippen LogP contribution >= 0.6 is 0 Å². The largest absolute Gasteiger partial charge is 0.494 e. The Hall–Kier alpha value is -2.98. The van der Waals surface area contributed by atoms with E-state index >= 15 is 0 Å². The maximum Gasteiger partial charge on any atom is 0.243 e. The smallest absolute Gasteiger partial charge is 0.243 e. The Morgan fingerprint density at radius 1 is 1.21 bits per heavy atom. The van der Waals surface area contributed by atoms with Gasteiger partial charge in [0.15, 0.2) is 0 Å². The van der Waals surface area contributed by atoms with Gasteiger partial charge in [-0.1, -0.05) is 30.3 Å². The molecule has 1 aromatic heterocycles. The van der Waals surface area contributed by atoms with Crippen molar-refractivity contribution in [2.24, 2.45) is 5.92 Å². The first-order valence-electron chi connectivity index (χ1n) is 11.8. The Kier molecular flexibility index (Phi) is 7.47. The molecular weight excluding hydrogens is 454 g/mol. The Labute approximate surface area is 200 Å². The molecule has 1 atom stereocenters. The molecule has 4 rings (SSSR count). The van der Waals surface area contributed by atoms with E-state index in [1.807, 2.05) is 38.1 Å². The van der Waals surface area contributed by atoms with Crippen LogP contribution in [-0.2, 0) is 27.9 Å². The van der Waals surface area contributed by atoms with Crippen molar-refractivity contribution in [2.45, 2.75) is 51.1 Å². The molecule has 0 spiro atoms. The summed E-state index contributed by atoms with van der Waals surface area (Å²) in [7, 11) is -3.75. The zero-order chi connectivity index (χ0) is 24.1. The second-order valence-corrected chi connectivity index (χ2v) is 10.4. The van der Waals surface area contributed by atoms with Crippen LogP contribution in [0.2, 0.25) is 0 Å².